The van der Waals surface area contributed by atoms with Crippen LogP contribution in [0.4, 0.5) is 8.78 Å². The Labute approximate surface area is 103 Å². The Balaban J connectivity index is 2.32. The van der Waals surface area contributed by atoms with E-state index < -0.39 is 29.1 Å². The summed E-state index contributed by atoms with van der Waals surface area (Å²) in [6.07, 6.45) is -0.143. The molecule has 1 saturated heterocycles. The van der Waals surface area contributed by atoms with Crippen molar-refractivity contribution < 1.29 is 23.4 Å². The van der Waals surface area contributed by atoms with E-state index in [0.29, 0.717) is 13.0 Å². The van der Waals surface area contributed by atoms with Gasteiger partial charge in [0.1, 0.15) is 11.6 Å². The molecule has 2 atom stereocenters. The first-order chi connectivity index (χ1) is 8.45. The number of carbonyl (C=O) groups is 1. The van der Waals surface area contributed by atoms with Crippen LogP contribution in [0, 0.1) is 17.0 Å². The summed E-state index contributed by atoms with van der Waals surface area (Å²) >= 11 is 0. The average molecular weight is 256 g/mol. The minimum atomic E-state index is -1.13. The Hall–Kier alpha value is -1.49. The Bertz CT molecular complexity index is 475. The number of rotatable bonds is 3. The van der Waals surface area contributed by atoms with Crippen LogP contribution < -0.4 is 0 Å². The van der Waals surface area contributed by atoms with Crippen molar-refractivity contribution in [3.8, 4) is 0 Å². The third-order valence-corrected chi connectivity index (χ3v) is 3.64. The Kier molecular flexibility index (Phi) is 3.34. The molecule has 1 aromatic carbocycles. The maximum atomic E-state index is 13.6. The van der Waals surface area contributed by atoms with Gasteiger partial charge in [0.2, 0.25) is 0 Å². The largest absolute Gasteiger partial charge is 0.481 e. The SMILES string of the molecule is CC1OCCC1(Cc1ccc(F)cc1F)C(=O)O. The predicted octanol–water partition coefficient (Wildman–Crippen LogP) is 2.39. The van der Waals surface area contributed by atoms with E-state index in [-0.39, 0.29) is 12.0 Å². The molecule has 1 aliphatic heterocycles. The van der Waals surface area contributed by atoms with Crippen LogP contribution in [0.2, 0.25) is 0 Å². The van der Waals surface area contributed by atoms with Crippen LogP contribution in [0.5, 0.6) is 0 Å². The summed E-state index contributed by atoms with van der Waals surface area (Å²) in [6.45, 7) is 2.01. The predicted molar refractivity (Wildman–Crippen MR) is 60.2 cm³/mol. The summed E-state index contributed by atoms with van der Waals surface area (Å²) in [5.41, 5.74) is -0.922. The van der Waals surface area contributed by atoms with Gasteiger partial charge in [-0.1, -0.05) is 6.07 Å². The number of hydrogen-bond acceptors (Lipinski definition) is 2. The lowest BCUT2D eigenvalue weighted by molar-refractivity contribution is -0.151. The summed E-state index contributed by atoms with van der Waals surface area (Å²) in [6, 6.07) is 3.19. The minimum Gasteiger partial charge on any atom is -0.481 e. The van der Waals surface area contributed by atoms with E-state index >= 15 is 0 Å². The summed E-state index contributed by atoms with van der Waals surface area (Å²) in [4.78, 5) is 11.4. The zero-order valence-corrected chi connectivity index (χ0v) is 9.95. The van der Waals surface area contributed by atoms with Gasteiger partial charge in [-0.05, 0) is 31.4 Å². The fourth-order valence-corrected chi connectivity index (χ4v) is 2.37. The van der Waals surface area contributed by atoms with E-state index in [1.165, 1.54) is 6.07 Å². The van der Waals surface area contributed by atoms with Crippen LogP contribution in [-0.2, 0) is 16.0 Å². The van der Waals surface area contributed by atoms with E-state index in [0.717, 1.165) is 12.1 Å². The molecule has 1 fully saturated rings. The quantitative estimate of drug-likeness (QED) is 0.903. The highest BCUT2D eigenvalue weighted by Gasteiger charge is 2.48. The lowest BCUT2D eigenvalue weighted by atomic mass is 9.76. The van der Waals surface area contributed by atoms with Crippen LogP contribution in [0.15, 0.2) is 18.2 Å². The second kappa shape index (κ2) is 4.65. The van der Waals surface area contributed by atoms with Crippen molar-refractivity contribution in [3.05, 3.63) is 35.4 Å². The number of halogens is 2. The van der Waals surface area contributed by atoms with Gasteiger partial charge in [0.05, 0.1) is 11.5 Å². The van der Waals surface area contributed by atoms with Crippen LogP contribution in [0.1, 0.15) is 18.9 Å². The Morgan fingerprint density at radius 3 is 2.78 bits per heavy atom. The molecule has 0 saturated carbocycles. The topological polar surface area (TPSA) is 46.5 Å². The number of ether oxygens (including phenoxy) is 1. The fourth-order valence-electron chi connectivity index (χ4n) is 2.37. The molecule has 0 bridgehead atoms. The van der Waals surface area contributed by atoms with Gasteiger partial charge in [0.15, 0.2) is 0 Å². The molecule has 2 rings (SSSR count). The fraction of sp³-hybridized carbons (Fsp3) is 0.462. The number of hydrogen-bond donors (Lipinski definition) is 1. The minimum absolute atomic E-state index is 0.00954. The molecular formula is C13H14F2O3. The van der Waals surface area contributed by atoms with E-state index in [2.05, 4.69) is 0 Å². The normalized spacial score (nSPS) is 27.4. The molecule has 2 unspecified atom stereocenters. The number of benzene rings is 1. The summed E-state index contributed by atoms with van der Waals surface area (Å²) < 4.78 is 31.7. The van der Waals surface area contributed by atoms with E-state index in [9.17, 15) is 18.7 Å². The van der Waals surface area contributed by atoms with Crippen molar-refractivity contribution in [3.63, 3.8) is 0 Å². The molecule has 0 amide bonds. The molecule has 1 aromatic rings. The molecule has 0 radical (unpaired) electrons. The second-order valence-corrected chi connectivity index (χ2v) is 4.64. The number of carboxylic acids is 1. The Morgan fingerprint density at radius 1 is 1.56 bits per heavy atom. The van der Waals surface area contributed by atoms with Crippen molar-refractivity contribution in [1.29, 1.82) is 0 Å². The van der Waals surface area contributed by atoms with E-state index in [1.54, 1.807) is 6.92 Å². The van der Waals surface area contributed by atoms with Crippen molar-refractivity contribution in [2.45, 2.75) is 25.9 Å². The average Bonchev–Trinajstić information content (AvgIpc) is 2.65. The smallest absolute Gasteiger partial charge is 0.312 e. The molecule has 0 spiro atoms. The van der Waals surface area contributed by atoms with Gasteiger partial charge < -0.3 is 9.84 Å². The molecule has 0 aliphatic carbocycles. The van der Waals surface area contributed by atoms with Gasteiger partial charge in [0, 0.05) is 12.7 Å². The van der Waals surface area contributed by atoms with Crippen LogP contribution in [0.3, 0.4) is 0 Å². The highest BCUT2D eigenvalue weighted by atomic mass is 19.1. The first kappa shape index (κ1) is 13.0. The van der Waals surface area contributed by atoms with Gasteiger partial charge in [0.25, 0.3) is 0 Å². The Morgan fingerprint density at radius 2 is 2.28 bits per heavy atom. The molecule has 0 aromatic heterocycles. The summed E-state index contributed by atoms with van der Waals surface area (Å²) in [7, 11) is 0. The zero-order valence-electron chi connectivity index (χ0n) is 9.95. The monoisotopic (exact) mass is 256 g/mol. The van der Waals surface area contributed by atoms with Gasteiger partial charge in [-0.15, -0.1) is 0 Å². The van der Waals surface area contributed by atoms with Crippen LogP contribution in [-0.4, -0.2) is 23.8 Å². The number of aliphatic carboxylic acids is 1. The van der Waals surface area contributed by atoms with Gasteiger partial charge >= 0.3 is 5.97 Å². The molecule has 98 valence electrons. The lowest BCUT2D eigenvalue weighted by Crippen LogP contribution is -2.39. The molecule has 18 heavy (non-hydrogen) atoms. The zero-order chi connectivity index (χ0) is 13.3. The van der Waals surface area contributed by atoms with Crippen molar-refractivity contribution >= 4 is 5.97 Å². The summed E-state index contributed by atoms with van der Waals surface area (Å²) in [5, 5.41) is 9.36. The van der Waals surface area contributed by atoms with E-state index in [4.69, 9.17) is 4.74 Å². The first-order valence-electron chi connectivity index (χ1n) is 5.74. The van der Waals surface area contributed by atoms with Gasteiger partial charge in [-0.2, -0.15) is 0 Å². The van der Waals surface area contributed by atoms with Crippen molar-refractivity contribution in [1.82, 2.24) is 0 Å². The second-order valence-electron chi connectivity index (χ2n) is 4.64. The maximum Gasteiger partial charge on any atom is 0.312 e. The third-order valence-electron chi connectivity index (χ3n) is 3.64. The third kappa shape index (κ3) is 2.10. The highest BCUT2D eigenvalue weighted by molar-refractivity contribution is 5.76. The van der Waals surface area contributed by atoms with Crippen LogP contribution in [0.25, 0.3) is 0 Å². The molecule has 1 N–H and O–H groups in total. The van der Waals surface area contributed by atoms with Crippen molar-refractivity contribution in [2.75, 3.05) is 6.61 Å². The number of carboxylic acid groups (broad SMARTS) is 1. The maximum absolute atomic E-state index is 13.6. The van der Waals surface area contributed by atoms with Gasteiger partial charge in [-0.3, -0.25) is 4.79 Å². The highest BCUT2D eigenvalue weighted by Crippen LogP contribution is 2.39. The molecular weight excluding hydrogens is 242 g/mol. The molecule has 1 aliphatic rings. The van der Waals surface area contributed by atoms with Gasteiger partial charge in [-0.25, -0.2) is 8.78 Å². The summed E-state index contributed by atoms with van der Waals surface area (Å²) in [5.74, 6) is -2.39. The molecule has 1 heterocycles. The molecule has 5 heteroatoms. The first-order valence-corrected chi connectivity index (χ1v) is 5.74. The molecule has 3 nitrogen and oxygen atoms in total. The standard InChI is InChI=1S/C13H14F2O3/c1-8-13(12(16)17,4-5-18-8)7-9-2-3-10(14)6-11(9)15/h2-3,6,8H,4-5,7H2,1H3,(H,16,17). The van der Waals surface area contributed by atoms with Crippen molar-refractivity contribution in [2.24, 2.45) is 5.41 Å². The lowest BCUT2D eigenvalue weighted by Gasteiger charge is -2.27. The van der Waals surface area contributed by atoms with E-state index in [1.807, 2.05) is 0 Å². The van der Waals surface area contributed by atoms with Crippen LogP contribution >= 0.6 is 0 Å².